The highest BCUT2D eigenvalue weighted by Crippen LogP contribution is 2.41. The quantitative estimate of drug-likeness (QED) is 0.103. The molecule has 3 fully saturated rings. The van der Waals surface area contributed by atoms with Crippen molar-refractivity contribution in [3.63, 3.8) is 0 Å². The maximum atomic E-state index is 14.1. The number of amides is 6. The summed E-state index contributed by atoms with van der Waals surface area (Å²) in [4.78, 5) is 111. The fourth-order valence-electron chi connectivity index (χ4n) is 12.5. The Balaban J connectivity index is 0.774. The van der Waals surface area contributed by atoms with E-state index in [4.69, 9.17) is 4.98 Å². The van der Waals surface area contributed by atoms with E-state index in [1.54, 1.807) is 60.9 Å². The predicted octanol–water partition coefficient (Wildman–Crippen LogP) is 4.76. The van der Waals surface area contributed by atoms with Gasteiger partial charge in [-0.2, -0.15) is 0 Å². The summed E-state index contributed by atoms with van der Waals surface area (Å²) in [6.07, 6.45) is 9.89. The number of piperidine rings is 2. The van der Waals surface area contributed by atoms with E-state index in [1.165, 1.54) is 21.9 Å². The minimum absolute atomic E-state index is 0.0171. The van der Waals surface area contributed by atoms with E-state index >= 15 is 0 Å². The van der Waals surface area contributed by atoms with Gasteiger partial charge in [-0.1, -0.05) is 20.4 Å². The van der Waals surface area contributed by atoms with E-state index in [0.29, 0.717) is 65.0 Å². The number of aryl methyl sites for hydroxylation is 1. The van der Waals surface area contributed by atoms with Gasteiger partial charge in [0.05, 0.1) is 35.3 Å². The number of pyridine rings is 3. The monoisotopic (exact) mass is 1030 g/mol. The van der Waals surface area contributed by atoms with Gasteiger partial charge in [0.25, 0.3) is 23.3 Å². The summed E-state index contributed by atoms with van der Waals surface area (Å²) in [6, 6.07) is 11.8. The summed E-state index contributed by atoms with van der Waals surface area (Å²) in [5, 5.41) is 19.3. The number of aliphatic hydroxyl groups is 1. The molecular formula is C56H62N12O8. The van der Waals surface area contributed by atoms with Crippen molar-refractivity contribution in [3.8, 4) is 11.1 Å². The number of carbonyl (C=O) groups excluding carboxylic acids is 6. The molecule has 20 heteroatoms. The molecule has 76 heavy (non-hydrogen) atoms. The van der Waals surface area contributed by atoms with Crippen molar-refractivity contribution in [2.45, 2.75) is 104 Å². The summed E-state index contributed by atoms with van der Waals surface area (Å²) in [6.45, 7) is 15.9. The van der Waals surface area contributed by atoms with Crippen molar-refractivity contribution in [2.75, 3.05) is 58.1 Å². The van der Waals surface area contributed by atoms with Crippen molar-refractivity contribution in [1.29, 1.82) is 0 Å². The number of nitrogens with zero attached hydrogens (tertiary/aromatic N) is 9. The highest BCUT2D eigenvalue weighted by Gasteiger charge is 2.45. The molecule has 5 aromatic rings. The molecule has 4 N–H and O–H groups in total. The first-order valence-corrected chi connectivity index (χ1v) is 26.1. The Morgan fingerprint density at radius 3 is 2.42 bits per heavy atom. The van der Waals surface area contributed by atoms with E-state index in [0.717, 1.165) is 55.9 Å². The van der Waals surface area contributed by atoms with Crippen LogP contribution in [0.15, 0.2) is 78.5 Å². The van der Waals surface area contributed by atoms with Crippen LogP contribution < -0.4 is 36.2 Å². The molecule has 3 saturated heterocycles. The molecule has 4 atom stereocenters. The molecule has 11 rings (SSSR count). The van der Waals surface area contributed by atoms with Gasteiger partial charge >= 0.3 is 0 Å². The molecule has 6 amide bonds. The Morgan fingerprint density at radius 1 is 0.868 bits per heavy atom. The molecule has 20 nitrogen and oxygen atoms in total. The van der Waals surface area contributed by atoms with Crippen LogP contribution in [0.3, 0.4) is 0 Å². The van der Waals surface area contributed by atoms with Crippen LogP contribution >= 0.6 is 0 Å². The van der Waals surface area contributed by atoms with Crippen LogP contribution in [0.4, 0.5) is 34.4 Å². The third kappa shape index (κ3) is 8.81. The maximum Gasteiger partial charge on any atom is 0.276 e. The number of aliphatic hydroxyl groups excluding tert-OH is 1. The highest BCUT2D eigenvalue weighted by atomic mass is 16.3. The second kappa shape index (κ2) is 19.3. The number of nitrogens with one attached hydrogen (secondary N) is 3. The normalized spacial score (nSPS) is 22.4. The Hall–Kier alpha value is -7.97. The SMILES string of the molecule is C=CC(=O)Nc1cc(Nc2cc(-c3ccnc(N4CCn5c(cc6c5CC(C)(C)C6)C4=O)c3CO)cn(C)c2=O)ncc1N1CCN(C2CCN(c3ccc4c(c3)C(=O)N(C3CCC(=O)NC3=O)C4=O)[C@H](C)C2)C[C@@H]1C. The molecule has 6 aliphatic rings. The van der Waals surface area contributed by atoms with Gasteiger partial charge in [-0.15, -0.1) is 0 Å². The zero-order valence-electron chi connectivity index (χ0n) is 43.4. The molecule has 0 saturated carbocycles. The topological polar surface area (TPSA) is 228 Å². The Bertz CT molecular complexity index is 3360. The average molecular weight is 1030 g/mol. The summed E-state index contributed by atoms with van der Waals surface area (Å²) >= 11 is 0. The Labute approximate surface area is 439 Å². The number of hydrogen-bond donors (Lipinski definition) is 4. The van der Waals surface area contributed by atoms with Gasteiger partial charge in [-0.25, -0.2) is 9.97 Å². The molecule has 0 spiro atoms. The van der Waals surface area contributed by atoms with E-state index in [2.05, 4.69) is 74.5 Å². The van der Waals surface area contributed by atoms with E-state index in [1.807, 2.05) is 12.1 Å². The molecular weight excluding hydrogens is 969 g/mol. The Morgan fingerprint density at radius 2 is 1.67 bits per heavy atom. The summed E-state index contributed by atoms with van der Waals surface area (Å²) in [5.41, 5.74) is 7.27. The van der Waals surface area contributed by atoms with Crippen molar-refractivity contribution in [1.82, 2.24) is 34.2 Å². The number of fused-ring (bicyclic) bond motifs is 4. The van der Waals surface area contributed by atoms with Gasteiger partial charge in [-0.05, 0) is 105 Å². The summed E-state index contributed by atoms with van der Waals surface area (Å²) in [7, 11) is 1.64. The largest absolute Gasteiger partial charge is 0.392 e. The molecule has 0 radical (unpaired) electrons. The van der Waals surface area contributed by atoms with E-state index in [-0.39, 0.29) is 64.7 Å². The van der Waals surface area contributed by atoms with Crippen LogP contribution in [-0.2, 0) is 47.4 Å². The van der Waals surface area contributed by atoms with Crippen molar-refractivity contribution >= 4 is 69.8 Å². The van der Waals surface area contributed by atoms with Crippen LogP contribution in [0.5, 0.6) is 0 Å². The fourth-order valence-corrected chi connectivity index (χ4v) is 12.5. The zero-order valence-corrected chi connectivity index (χ0v) is 43.4. The van der Waals surface area contributed by atoms with Crippen LogP contribution in [0, 0.1) is 5.41 Å². The average Bonchev–Trinajstić information content (AvgIpc) is 4.04. The molecule has 0 bridgehead atoms. The number of carbonyl (C=O) groups is 6. The lowest BCUT2D eigenvalue weighted by atomic mass is 9.90. The number of hydrogen-bond acceptors (Lipinski definition) is 14. The molecule has 1 aliphatic carbocycles. The molecule has 5 aliphatic heterocycles. The number of anilines is 6. The molecule has 394 valence electrons. The first-order valence-electron chi connectivity index (χ1n) is 26.1. The minimum atomic E-state index is -1.02. The number of benzene rings is 1. The summed E-state index contributed by atoms with van der Waals surface area (Å²) < 4.78 is 3.58. The molecule has 4 aromatic heterocycles. The first kappa shape index (κ1) is 50.2. The van der Waals surface area contributed by atoms with Crippen LogP contribution in [0.25, 0.3) is 11.1 Å². The lowest BCUT2D eigenvalue weighted by Gasteiger charge is -2.48. The Kier molecular flexibility index (Phi) is 12.8. The van der Waals surface area contributed by atoms with E-state index < -0.39 is 42.2 Å². The van der Waals surface area contributed by atoms with Gasteiger partial charge in [-0.3, -0.25) is 53.6 Å². The molecule has 1 aromatic carbocycles. The number of piperazine rings is 1. The van der Waals surface area contributed by atoms with Gasteiger partial charge < -0.3 is 34.7 Å². The number of imide groups is 2. The smallest absolute Gasteiger partial charge is 0.276 e. The van der Waals surface area contributed by atoms with Crippen LogP contribution in [0.1, 0.15) is 101 Å². The van der Waals surface area contributed by atoms with E-state index in [9.17, 15) is 38.7 Å². The second-order valence-corrected chi connectivity index (χ2v) is 21.8. The number of rotatable bonds is 11. The molecule has 9 heterocycles. The van der Waals surface area contributed by atoms with Gasteiger partial charge in [0.1, 0.15) is 29.1 Å². The second-order valence-electron chi connectivity index (χ2n) is 21.8. The lowest BCUT2D eigenvalue weighted by Crippen LogP contribution is -2.58. The highest BCUT2D eigenvalue weighted by molar-refractivity contribution is 6.23. The third-order valence-corrected chi connectivity index (χ3v) is 16.2. The molecule has 2 unspecified atom stereocenters. The van der Waals surface area contributed by atoms with Gasteiger partial charge in [0, 0.05) is 112 Å². The van der Waals surface area contributed by atoms with Gasteiger partial charge in [0.15, 0.2) is 0 Å². The summed E-state index contributed by atoms with van der Waals surface area (Å²) in [5.74, 6) is -2.01. The van der Waals surface area contributed by atoms with Crippen LogP contribution in [0.2, 0.25) is 0 Å². The maximum absolute atomic E-state index is 14.1. The van der Waals surface area contributed by atoms with Gasteiger partial charge in [0.2, 0.25) is 17.7 Å². The minimum Gasteiger partial charge on any atom is -0.392 e. The van der Waals surface area contributed by atoms with Crippen LogP contribution in [-0.4, -0.2) is 126 Å². The zero-order chi connectivity index (χ0) is 53.5. The predicted molar refractivity (Wildman–Crippen MR) is 286 cm³/mol. The standard InChI is InChI=1S/C56H62N12O8/c1-7-48(70)60-41-24-47(59-42-21-34(29-62(6)54(42)75)37-12-14-57-50(40(37)30-69)67-19-18-66-44(55(67)76)22-33-25-56(4,5)26-45(33)66)58-27-46(41)65-17-16-63(28-32(65)3)35-13-15-64(31(2)20-35)36-8-9-38-39(23-36)53(74)68(52(38)73)43-10-11-49(71)61-51(43)72/h7-9,12,14,21-24,27,29,31-32,35,43,69H,1,10-11,13,15-20,25-26,28,30H2,2-6H3,(H,61,71,72)(H2,58,59,60,70)/t31-,32+,35?,43?/m1/s1. The first-order chi connectivity index (χ1) is 36.4. The van der Waals surface area contributed by atoms with Crippen molar-refractivity contribution in [2.24, 2.45) is 12.5 Å². The number of aromatic nitrogens is 4. The lowest BCUT2D eigenvalue weighted by molar-refractivity contribution is -0.136. The fraction of sp³-hybridized carbons (Fsp3) is 0.411. The third-order valence-electron chi connectivity index (χ3n) is 16.2. The van der Waals surface area contributed by atoms with Crippen molar-refractivity contribution in [3.05, 3.63) is 118 Å². The van der Waals surface area contributed by atoms with Crippen molar-refractivity contribution < 1.29 is 33.9 Å².